The Morgan fingerprint density at radius 1 is 0.966 bits per heavy atom. The van der Waals surface area contributed by atoms with Gasteiger partial charge in [0.15, 0.2) is 0 Å². The summed E-state index contributed by atoms with van der Waals surface area (Å²) in [6.07, 6.45) is 16.3. The quantitative estimate of drug-likeness (QED) is 0.451. The SMILES string of the molecule is CCCCCCCc1cnc(C2CCC(COc3ccc(C#N)cc3)CC2)nc1. The van der Waals surface area contributed by atoms with Gasteiger partial charge in [0.2, 0.25) is 0 Å². The fraction of sp³-hybridized carbons (Fsp3) is 0.560. The maximum atomic E-state index is 8.86. The molecule has 0 bridgehead atoms. The standard InChI is InChI=1S/C25H33N3O/c1-2-3-4-5-6-7-22-17-27-25(28-18-22)23-12-8-21(9-13-23)19-29-24-14-10-20(16-26)11-15-24/h10-11,14-15,17-18,21,23H,2-9,12-13,19H2,1H3. The molecule has 0 amide bonds. The molecule has 0 N–H and O–H groups in total. The number of ether oxygens (including phenoxy) is 1. The van der Waals surface area contributed by atoms with Crippen LogP contribution in [0.4, 0.5) is 0 Å². The molecule has 1 aliphatic rings. The van der Waals surface area contributed by atoms with Gasteiger partial charge >= 0.3 is 0 Å². The average Bonchev–Trinajstić information content (AvgIpc) is 2.79. The zero-order valence-electron chi connectivity index (χ0n) is 17.6. The van der Waals surface area contributed by atoms with Gasteiger partial charge in [-0.3, -0.25) is 0 Å². The van der Waals surface area contributed by atoms with Gasteiger partial charge in [-0.05, 0) is 74.3 Å². The van der Waals surface area contributed by atoms with E-state index in [9.17, 15) is 0 Å². The summed E-state index contributed by atoms with van der Waals surface area (Å²) in [5.74, 6) is 2.94. The molecule has 29 heavy (non-hydrogen) atoms. The van der Waals surface area contributed by atoms with Gasteiger partial charge < -0.3 is 4.74 Å². The Morgan fingerprint density at radius 2 is 1.66 bits per heavy atom. The van der Waals surface area contributed by atoms with Crippen LogP contribution in [0.1, 0.15) is 87.6 Å². The Balaban J connectivity index is 1.38. The molecule has 1 aromatic heterocycles. The Morgan fingerprint density at radius 3 is 2.31 bits per heavy atom. The van der Waals surface area contributed by atoms with Crippen molar-refractivity contribution >= 4 is 0 Å². The number of rotatable bonds is 10. The lowest BCUT2D eigenvalue weighted by atomic mass is 9.82. The normalized spacial score (nSPS) is 18.9. The van der Waals surface area contributed by atoms with Crippen molar-refractivity contribution in [3.05, 3.63) is 53.6 Å². The van der Waals surface area contributed by atoms with Crippen molar-refractivity contribution in [1.29, 1.82) is 5.26 Å². The highest BCUT2D eigenvalue weighted by Crippen LogP contribution is 2.34. The predicted molar refractivity (Wildman–Crippen MR) is 116 cm³/mol. The van der Waals surface area contributed by atoms with Gasteiger partial charge in [0.25, 0.3) is 0 Å². The largest absolute Gasteiger partial charge is 0.493 e. The third kappa shape index (κ3) is 6.85. The smallest absolute Gasteiger partial charge is 0.131 e. The second kappa shape index (κ2) is 11.6. The highest BCUT2D eigenvalue weighted by molar-refractivity contribution is 5.34. The van der Waals surface area contributed by atoms with E-state index in [0.717, 1.165) is 50.3 Å². The van der Waals surface area contributed by atoms with Crippen LogP contribution in [0.5, 0.6) is 5.75 Å². The molecule has 1 heterocycles. The molecule has 3 rings (SSSR count). The van der Waals surface area contributed by atoms with Gasteiger partial charge in [0.1, 0.15) is 11.6 Å². The summed E-state index contributed by atoms with van der Waals surface area (Å²) in [7, 11) is 0. The summed E-state index contributed by atoms with van der Waals surface area (Å²) < 4.78 is 5.92. The second-order valence-electron chi connectivity index (χ2n) is 8.28. The molecule has 154 valence electrons. The molecule has 1 aliphatic carbocycles. The summed E-state index contributed by atoms with van der Waals surface area (Å²) in [4.78, 5) is 9.37. The van der Waals surface area contributed by atoms with E-state index in [-0.39, 0.29) is 0 Å². The first-order valence-electron chi connectivity index (χ1n) is 11.2. The van der Waals surface area contributed by atoms with Gasteiger partial charge in [-0.25, -0.2) is 9.97 Å². The number of aryl methyl sites for hydroxylation is 1. The van der Waals surface area contributed by atoms with Crippen LogP contribution in [0, 0.1) is 17.2 Å². The fourth-order valence-electron chi connectivity index (χ4n) is 4.06. The van der Waals surface area contributed by atoms with Crippen molar-refractivity contribution in [2.45, 2.75) is 77.0 Å². The molecule has 1 fully saturated rings. The topological polar surface area (TPSA) is 58.8 Å². The van der Waals surface area contributed by atoms with Crippen LogP contribution >= 0.6 is 0 Å². The summed E-state index contributed by atoms with van der Waals surface area (Å²) in [6.45, 7) is 3.00. The first kappa shape index (κ1) is 21.3. The van der Waals surface area contributed by atoms with Crippen LogP contribution in [0.25, 0.3) is 0 Å². The molecule has 2 aromatic rings. The maximum absolute atomic E-state index is 8.86. The minimum Gasteiger partial charge on any atom is -0.493 e. The van der Waals surface area contributed by atoms with Crippen molar-refractivity contribution in [2.24, 2.45) is 5.92 Å². The Labute approximate surface area is 175 Å². The summed E-state index contributed by atoms with van der Waals surface area (Å²) in [6, 6.07) is 9.50. The van der Waals surface area contributed by atoms with Crippen LogP contribution in [0.15, 0.2) is 36.7 Å². The number of aromatic nitrogens is 2. The number of unbranched alkanes of at least 4 members (excludes halogenated alkanes) is 4. The third-order valence-electron chi connectivity index (χ3n) is 5.98. The van der Waals surface area contributed by atoms with Crippen LogP contribution in [0.2, 0.25) is 0 Å². The number of nitrogens with zero attached hydrogens (tertiary/aromatic N) is 3. The van der Waals surface area contributed by atoms with E-state index in [1.807, 2.05) is 24.5 Å². The van der Waals surface area contributed by atoms with Crippen molar-refractivity contribution in [1.82, 2.24) is 9.97 Å². The van der Waals surface area contributed by atoms with Crippen molar-refractivity contribution < 1.29 is 4.74 Å². The predicted octanol–water partition coefficient (Wildman–Crippen LogP) is 6.21. The summed E-state index contributed by atoms with van der Waals surface area (Å²) >= 11 is 0. The summed E-state index contributed by atoms with van der Waals surface area (Å²) in [5.41, 5.74) is 1.94. The molecule has 4 heteroatoms. The Kier molecular flexibility index (Phi) is 8.49. The first-order chi connectivity index (χ1) is 14.3. The zero-order valence-corrected chi connectivity index (χ0v) is 17.6. The number of nitriles is 1. The van der Waals surface area contributed by atoms with Crippen molar-refractivity contribution in [3.8, 4) is 11.8 Å². The number of hydrogen-bond donors (Lipinski definition) is 0. The molecule has 0 radical (unpaired) electrons. The monoisotopic (exact) mass is 391 g/mol. The first-order valence-corrected chi connectivity index (χ1v) is 11.2. The van der Waals surface area contributed by atoms with Crippen LogP contribution in [-0.2, 0) is 6.42 Å². The van der Waals surface area contributed by atoms with Gasteiger partial charge in [-0.15, -0.1) is 0 Å². The van der Waals surface area contributed by atoms with E-state index >= 15 is 0 Å². The minimum absolute atomic E-state index is 0.486. The Hall–Kier alpha value is -2.41. The molecule has 1 aromatic carbocycles. The third-order valence-corrected chi connectivity index (χ3v) is 5.98. The average molecular weight is 392 g/mol. The van der Waals surface area contributed by atoms with E-state index < -0.39 is 0 Å². The van der Waals surface area contributed by atoms with E-state index in [4.69, 9.17) is 10.00 Å². The van der Waals surface area contributed by atoms with E-state index in [1.54, 1.807) is 12.1 Å². The van der Waals surface area contributed by atoms with Crippen molar-refractivity contribution in [3.63, 3.8) is 0 Å². The second-order valence-corrected chi connectivity index (χ2v) is 8.28. The fourth-order valence-corrected chi connectivity index (χ4v) is 4.06. The molecule has 1 saturated carbocycles. The minimum atomic E-state index is 0.486. The van der Waals surface area contributed by atoms with Crippen LogP contribution in [-0.4, -0.2) is 16.6 Å². The highest BCUT2D eigenvalue weighted by Gasteiger charge is 2.24. The van der Waals surface area contributed by atoms with Gasteiger partial charge in [-0.1, -0.05) is 32.6 Å². The van der Waals surface area contributed by atoms with Gasteiger partial charge in [-0.2, -0.15) is 5.26 Å². The molecule has 0 spiro atoms. The lowest BCUT2D eigenvalue weighted by Crippen LogP contribution is -2.20. The molecule has 0 atom stereocenters. The number of hydrogen-bond acceptors (Lipinski definition) is 4. The van der Waals surface area contributed by atoms with E-state index in [0.29, 0.717) is 17.4 Å². The molecular formula is C25H33N3O. The molecule has 0 aliphatic heterocycles. The molecule has 0 unspecified atom stereocenters. The lowest BCUT2D eigenvalue weighted by Gasteiger charge is -2.27. The van der Waals surface area contributed by atoms with Crippen LogP contribution in [0.3, 0.4) is 0 Å². The Bertz CT molecular complexity index is 756. The van der Waals surface area contributed by atoms with Crippen molar-refractivity contribution in [2.75, 3.05) is 6.61 Å². The van der Waals surface area contributed by atoms with E-state index in [2.05, 4.69) is 23.0 Å². The summed E-state index contributed by atoms with van der Waals surface area (Å²) in [5, 5.41) is 8.86. The van der Waals surface area contributed by atoms with Gasteiger partial charge in [0, 0.05) is 18.3 Å². The van der Waals surface area contributed by atoms with E-state index in [1.165, 1.54) is 37.7 Å². The maximum Gasteiger partial charge on any atom is 0.131 e. The zero-order chi connectivity index (χ0) is 20.3. The lowest BCUT2D eigenvalue weighted by molar-refractivity contribution is 0.198. The molecular weight excluding hydrogens is 358 g/mol. The molecule has 0 saturated heterocycles. The van der Waals surface area contributed by atoms with Crippen LogP contribution < -0.4 is 4.74 Å². The van der Waals surface area contributed by atoms with Gasteiger partial charge in [0.05, 0.1) is 18.2 Å². The molecule has 4 nitrogen and oxygen atoms in total. The number of benzene rings is 1. The highest BCUT2D eigenvalue weighted by atomic mass is 16.5.